The van der Waals surface area contributed by atoms with Crippen LogP contribution in [0, 0.1) is 5.92 Å². The van der Waals surface area contributed by atoms with Crippen LogP contribution in [0.25, 0.3) is 6.08 Å². The Balaban J connectivity index is 0.000000353. The normalized spacial score (nSPS) is 19.4. The molecule has 34 heavy (non-hydrogen) atoms. The van der Waals surface area contributed by atoms with E-state index in [9.17, 15) is 4.79 Å². The second-order valence-corrected chi connectivity index (χ2v) is 9.43. The topological polar surface area (TPSA) is 41.9 Å². The van der Waals surface area contributed by atoms with Crippen molar-refractivity contribution in [2.75, 3.05) is 19.7 Å². The Kier molecular flexibility index (Phi) is 14.1. The van der Waals surface area contributed by atoms with Crippen LogP contribution in [0.1, 0.15) is 77.8 Å². The van der Waals surface area contributed by atoms with Gasteiger partial charge >= 0.3 is 6.09 Å². The summed E-state index contributed by atoms with van der Waals surface area (Å²) in [6, 6.07) is 5.97. The van der Waals surface area contributed by atoms with Crippen LogP contribution in [-0.4, -0.2) is 36.4 Å². The van der Waals surface area contributed by atoms with Crippen LogP contribution in [0.4, 0.5) is 4.79 Å². The van der Waals surface area contributed by atoms with Crippen LogP contribution < -0.4 is 0 Å². The number of halogens is 2. The standard InChI is InChI=1S/C17H17BrClN.C9H17NO2.C2H6/c1-4-5-8-20-17-11(2)15-7-6-14(19)9-13(15)10-16(18)12(17)3;1-3-12-9(11)10-6-4-8(2)5-7-10;1-2/h5-11H,3-4H2,1-2H3;8H,3-7H2,1-2H3;1-2H3/b8-5-,20-17?;;. The third-order valence-electron chi connectivity index (χ3n) is 5.67. The Hall–Kier alpha value is -1.85. The number of hydrogen-bond acceptors (Lipinski definition) is 3. The van der Waals surface area contributed by atoms with Gasteiger partial charge in [-0.3, -0.25) is 4.99 Å². The summed E-state index contributed by atoms with van der Waals surface area (Å²) in [7, 11) is 0. The first-order chi connectivity index (χ1) is 16.3. The number of ether oxygens (including phenoxy) is 1. The van der Waals surface area contributed by atoms with Gasteiger partial charge in [0.05, 0.1) is 12.3 Å². The average molecular weight is 552 g/mol. The molecule has 2 aliphatic rings. The number of carbonyl (C=O) groups is 1. The van der Waals surface area contributed by atoms with Gasteiger partial charge in [-0.25, -0.2) is 4.79 Å². The number of likely N-dealkylation sites (tertiary alicyclic amines) is 1. The second-order valence-electron chi connectivity index (χ2n) is 8.14. The molecule has 1 unspecified atom stereocenters. The lowest BCUT2D eigenvalue weighted by Crippen LogP contribution is -2.38. The molecule has 1 fully saturated rings. The molecule has 0 bridgehead atoms. The minimum atomic E-state index is -0.149. The monoisotopic (exact) mass is 550 g/mol. The zero-order chi connectivity index (χ0) is 25.7. The molecule has 1 heterocycles. The first-order valence-corrected chi connectivity index (χ1v) is 13.5. The maximum Gasteiger partial charge on any atom is 0.409 e. The van der Waals surface area contributed by atoms with Crippen molar-refractivity contribution < 1.29 is 9.53 Å². The van der Waals surface area contributed by atoms with E-state index in [0.29, 0.717) is 6.61 Å². The molecule has 4 nitrogen and oxygen atoms in total. The molecule has 0 N–H and O–H groups in total. The molecule has 1 aromatic carbocycles. The zero-order valence-electron chi connectivity index (χ0n) is 21.5. The number of piperidine rings is 1. The zero-order valence-corrected chi connectivity index (χ0v) is 23.9. The summed E-state index contributed by atoms with van der Waals surface area (Å²) in [6.07, 6.45) is 9.01. The summed E-state index contributed by atoms with van der Waals surface area (Å²) in [6.45, 7) is 18.7. The SMILES string of the molecule is C=C1C(Br)=Cc2cc(Cl)ccc2C(C)C1=N/C=C\CC.CC.CCOC(=O)N1CCC(C)CC1. The number of fused-ring (bicyclic) bond motifs is 1. The highest BCUT2D eigenvalue weighted by atomic mass is 79.9. The molecule has 1 aliphatic heterocycles. The number of rotatable bonds is 3. The highest BCUT2D eigenvalue weighted by molar-refractivity contribution is 9.12. The van der Waals surface area contributed by atoms with Crippen LogP contribution in [0.3, 0.4) is 0 Å². The van der Waals surface area contributed by atoms with Crippen LogP contribution in [0.5, 0.6) is 0 Å². The quantitative estimate of drug-likeness (QED) is 0.376. The molecule has 1 aromatic rings. The Morgan fingerprint density at radius 3 is 2.50 bits per heavy atom. The van der Waals surface area contributed by atoms with Crippen molar-refractivity contribution in [3.8, 4) is 0 Å². The molecule has 0 spiro atoms. The van der Waals surface area contributed by atoms with E-state index in [0.717, 1.165) is 64.6 Å². The van der Waals surface area contributed by atoms with Crippen LogP contribution >= 0.6 is 27.5 Å². The van der Waals surface area contributed by atoms with Crippen molar-refractivity contribution in [1.29, 1.82) is 0 Å². The lowest BCUT2D eigenvalue weighted by atomic mass is 9.91. The summed E-state index contributed by atoms with van der Waals surface area (Å²) in [4.78, 5) is 17.6. The van der Waals surface area contributed by atoms with E-state index in [2.05, 4.69) is 60.4 Å². The fourth-order valence-electron chi connectivity index (χ4n) is 3.65. The van der Waals surface area contributed by atoms with Gasteiger partial charge in [-0.05, 0) is 61.4 Å². The number of aliphatic imine (C=N–C) groups is 1. The molecule has 3 rings (SSSR count). The van der Waals surface area contributed by atoms with Gasteiger partial charge in [-0.15, -0.1) is 0 Å². The average Bonchev–Trinajstić information content (AvgIpc) is 2.91. The Labute approximate surface area is 219 Å². The molecular weight excluding hydrogens is 512 g/mol. The van der Waals surface area contributed by atoms with Gasteiger partial charge in [-0.2, -0.15) is 0 Å². The van der Waals surface area contributed by atoms with Crippen molar-refractivity contribution in [3.63, 3.8) is 0 Å². The molecule has 1 saturated heterocycles. The van der Waals surface area contributed by atoms with Gasteiger partial charge in [0.15, 0.2) is 0 Å². The van der Waals surface area contributed by atoms with Crippen LogP contribution in [-0.2, 0) is 4.74 Å². The number of carbonyl (C=O) groups excluding carboxylic acids is 1. The maximum absolute atomic E-state index is 11.2. The van der Waals surface area contributed by atoms with Crippen molar-refractivity contribution in [1.82, 2.24) is 4.90 Å². The van der Waals surface area contributed by atoms with E-state index in [1.165, 1.54) is 5.56 Å². The third kappa shape index (κ3) is 9.07. The number of benzene rings is 1. The van der Waals surface area contributed by atoms with Crippen molar-refractivity contribution in [3.05, 3.63) is 63.3 Å². The lowest BCUT2D eigenvalue weighted by molar-refractivity contribution is 0.0934. The molecular formula is C28H40BrClN2O2. The predicted molar refractivity (Wildman–Crippen MR) is 151 cm³/mol. The lowest BCUT2D eigenvalue weighted by Gasteiger charge is -2.29. The number of hydrogen-bond donors (Lipinski definition) is 0. The summed E-state index contributed by atoms with van der Waals surface area (Å²) < 4.78 is 5.86. The number of allylic oxidation sites excluding steroid dienone is 3. The first kappa shape index (κ1) is 30.2. The molecule has 0 saturated carbocycles. The predicted octanol–water partition coefficient (Wildman–Crippen LogP) is 9.01. The highest BCUT2D eigenvalue weighted by Gasteiger charge is 2.23. The summed E-state index contributed by atoms with van der Waals surface area (Å²) >= 11 is 9.68. The van der Waals surface area contributed by atoms with Crippen molar-refractivity contribution >= 4 is 45.4 Å². The fraction of sp³-hybridized carbons (Fsp3) is 0.500. The van der Waals surface area contributed by atoms with Gasteiger partial charge in [0, 0.05) is 40.3 Å². The molecule has 1 aliphatic carbocycles. The van der Waals surface area contributed by atoms with Gasteiger partial charge in [0.1, 0.15) is 0 Å². The van der Waals surface area contributed by atoms with E-state index in [1.54, 1.807) is 4.90 Å². The van der Waals surface area contributed by atoms with Gasteiger partial charge in [-0.1, -0.05) is 80.9 Å². The van der Waals surface area contributed by atoms with Gasteiger partial charge < -0.3 is 9.64 Å². The Morgan fingerprint density at radius 2 is 1.91 bits per heavy atom. The molecule has 0 radical (unpaired) electrons. The summed E-state index contributed by atoms with van der Waals surface area (Å²) in [5, 5.41) is 0.740. The third-order valence-corrected chi connectivity index (χ3v) is 6.61. The Morgan fingerprint density at radius 1 is 1.26 bits per heavy atom. The smallest absolute Gasteiger partial charge is 0.409 e. The van der Waals surface area contributed by atoms with Gasteiger partial charge in [0.25, 0.3) is 0 Å². The van der Waals surface area contributed by atoms with E-state index in [-0.39, 0.29) is 12.0 Å². The van der Waals surface area contributed by atoms with E-state index in [4.69, 9.17) is 16.3 Å². The summed E-state index contributed by atoms with van der Waals surface area (Å²) in [5.74, 6) is 0.943. The van der Waals surface area contributed by atoms with Crippen LogP contribution in [0.15, 0.2) is 52.1 Å². The van der Waals surface area contributed by atoms with Crippen LogP contribution in [0.2, 0.25) is 5.02 Å². The molecule has 6 heteroatoms. The molecule has 1 atom stereocenters. The minimum absolute atomic E-state index is 0.149. The largest absolute Gasteiger partial charge is 0.450 e. The van der Waals surface area contributed by atoms with Crippen molar-refractivity contribution in [2.24, 2.45) is 10.9 Å². The maximum atomic E-state index is 11.2. The second kappa shape index (κ2) is 15.9. The molecule has 1 amide bonds. The molecule has 188 valence electrons. The molecule has 0 aromatic heterocycles. The fourth-order valence-corrected chi connectivity index (χ4v) is 4.28. The Bertz CT molecular complexity index is 900. The van der Waals surface area contributed by atoms with Gasteiger partial charge in [0.2, 0.25) is 0 Å². The number of amides is 1. The van der Waals surface area contributed by atoms with E-state index < -0.39 is 0 Å². The highest BCUT2D eigenvalue weighted by Crippen LogP contribution is 2.36. The van der Waals surface area contributed by atoms with E-state index >= 15 is 0 Å². The summed E-state index contributed by atoms with van der Waals surface area (Å²) in [5.41, 5.74) is 4.24. The van der Waals surface area contributed by atoms with Crippen molar-refractivity contribution in [2.45, 2.75) is 66.7 Å². The minimum Gasteiger partial charge on any atom is -0.450 e. The first-order valence-electron chi connectivity index (χ1n) is 12.3. The number of nitrogens with zero attached hydrogens (tertiary/aromatic N) is 2. The van der Waals surface area contributed by atoms with E-state index in [1.807, 2.05) is 45.2 Å².